The highest BCUT2D eigenvalue weighted by atomic mass is 16.7. The molecule has 2 aromatic rings. The summed E-state index contributed by atoms with van der Waals surface area (Å²) >= 11 is 0. The number of nitrogens with one attached hydrogen (secondary N) is 1. The number of nitro benzene ring substituents is 2. The van der Waals surface area contributed by atoms with E-state index in [0.29, 0.717) is 0 Å². The number of amides is 2. The second-order valence-electron chi connectivity index (χ2n) is 5.07. The number of rotatable bonds is 4. The first kappa shape index (κ1) is 16.8. The van der Waals surface area contributed by atoms with E-state index in [4.69, 9.17) is 9.47 Å². The Hall–Kier alpha value is -4.02. The molecule has 1 heterocycles. The maximum absolute atomic E-state index is 12.3. The van der Waals surface area contributed by atoms with Gasteiger partial charge in [-0.1, -0.05) is 0 Å². The summed E-state index contributed by atoms with van der Waals surface area (Å²) in [6, 6.07) is 6.67. The molecule has 1 N–H and O–H groups in total. The highest BCUT2D eigenvalue weighted by Gasteiger charge is 2.28. The lowest BCUT2D eigenvalue weighted by atomic mass is 10.1. The Morgan fingerprint density at radius 2 is 1.54 bits per heavy atom. The molecule has 0 aliphatic carbocycles. The Labute approximate surface area is 144 Å². The zero-order valence-corrected chi connectivity index (χ0v) is 12.8. The predicted molar refractivity (Wildman–Crippen MR) is 84.1 cm³/mol. The largest absolute Gasteiger partial charge is 0.454 e. The quantitative estimate of drug-likeness (QED) is 0.493. The molecule has 1 aliphatic heterocycles. The number of fused-ring (bicyclic) bond motifs is 1. The highest BCUT2D eigenvalue weighted by molar-refractivity contribution is 6.12. The van der Waals surface area contributed by atoms with Crippen molar-refractivity contribution in [1.82, 2.24) is 5.32 Å². The van der Waals surface area contributed by atoms with E-state index in [-0.39, 0.29) is 35.1 Å². The molecule has 0 saturated carbocycles. The smallest absolute Gasteiger partial charge is 0.286 e. The minimum absolute atomic E-state index is 0.0210. The second-order valence-corrected chi connectivity index (χ2v) is 5.07. The van der Waals surface area contributed by atoms with Crippen LogP contribution in [0.15, 0.2) is 36.4 Å². The fourth-order valence-corrected chi connectivity index (χ4v) is 2.24. The van der Waals surface area contributed by atoms with Crippen molar-refractivity contribution in [1.29, 1.82) is 0 Å². The van der Waals surface area contributed by atoms with E-state index in [1.165, 1.54) is 0 Å². The Bertz CT molecular complexity index is 939. The van der Waals surface area contributed by atoms with Crippen LogP contribution >= 0.6 is 0 Å². The topological polar surface area (TPSA) is 151 Å². The number of ether oxygens (including phenoxy) is 2. The zero-order valence-electron chi connectivity index (χ0n) is 12.8. The fraction of sp³-hybridized carbons (Fsp3) is 0.0667. The lowest BCUT2D eigenvalue weighted by Crippen LogP contribution is -2.30. The number of nitro groups is 2. The van der Waals surface area contributed by atoms with Crippen molar-refractivity contribution < 1.29 is 28.9 Å². The Balaban J connectivity index is 1.84. The average Bonchev–Trinajstić information content (AvgIpc) is 3.08. The summed E-state index contributed by atoms with van der Waals surface area (Å²) in [6.45, 7) is -0.140. The van der Waals surface area contributed by atoms with E-state index in [1.807, 2.05) is 5.32 Å². The molecule has 11 nitrogen and oxygen atoms in total. The van der Waals surface area contributed by atoms with Gasteiger partial charge in [0.15, 0.2) is 11.5 Å². The number of benzene rings is 2. The third kappa shape index (κ3) is 3.13. The molecule has 11 heteroatoms. The molecule has 0 unspecified atom stereocenters. The van der Waals surface area contributed by atoms with E-state index < -0.39 is 27.3 Å². The van der Waals surface area contributed by atoms with Gasteiger partial charge in [0.2, 0.25) is 6.79 Å². The first-order valence-electron chi connectivity index (χ1n) is 7.05. The molecule has 26 heavy (non-hydrogen) atoms. The zero-order chi connectivity index (χ0) is 18.8. The van der Waals surface area contributed by atoms with Crippen molar-refractivity contribution in [2.24, 2.45) is 0 Å². The molecule has 0 radical (unpaired) electrons. The predicted octanol–water partition coefficient (Wildman–Crippen LogP) is 1.80. The molecule has 2 aromatic carbocycles. The van der Waals surface area contributed by atoms with Gasteiger partial charge in [-0.2, -0.15) is 0 Å². The normalized spacial score (nSPS) is 11.7. The summed E-state index contributed by atoms with van der Waals surface area (Å²) in [6.07, 6.45) is 0. The summed E-state index contributed by atoms with van der Waals surface area (Å²) in [4.78, 5) is 44.7. The average molecular weight is 359 g/mol. The van der Waals surface area contributed by atoms with Gasteiger partial charge < -0.3 is 9.47 Å². The third-order valence-corrected chi connectivity index (χ3v) is 3.50. The molecule has 2 amide bonds. The Morgan fingerprint density at radius 3 is 2.12 bits per heavy atom. The molecular formula is C15H9N3O8. The number of imide groups is 1. The van der Waals surface area contributed by atoms with Crippen LogP contribution in [0.5, 0.6) is 11.5 Å². The highest BCUT2D eigenvalue weighted by Crippen LogP contribution is 2.37. The maximum atomic E-state index is 12.3. The number of nitrogens with zero attached hydrogens (tertiary/aromatic N) is 2. The van der Waals surface area contributed by atoms with Gasteiger partial charge in [-0.3, -0.25) is 35.1 Å². The van der Waals surface area contributed by atoms with Gasteiger partial charge in [0.05, 0.1) is 15.9 Å². The molecule has 1 aliphatic rings. The fourth-order valence-electron chi connectivity index (χ4n) is 2.24. The van der Waals surface area contributed by atoms with Crippen LogP contribution in [-0.4, -0.2) is 28.5 Å². The van der Waals surface area contributed by atoms with Gasteiger partial charge in [0, 0.05) is 23.8 Å². The molecule has 0 atom stereocenters. The summed E-state index contributed by atoms with van der Waals surface area (Å²) in [5, 5.41) is 23.8. The van der Waals surface area contributed by atoms with Crippen LogP contribution in [-0.2, 0) is 0 Å². The number of non-ortho nitro benzene ring substituents is 1. The van der Waals surface area contributed by atoms with Crippen molar-refractivity contribution in [3.8, 4) is 11.5 Å². The van der Waals surface area contributed by atoms with E-state index in [2.05, 4.69) is 0 Å². The summed E-state index contributed by atoms with van der Waals surface area (Å²) in [5.74, 6) is -1.62. The van der Waals surface area contributed by atoms with Gasteiger partial charge in [-0.05, 0) is 12.1 Å². The van der Waals surface area contributed by atoms with Gasteiger partial charge in [-0.15, -0.1) is 0 Å². The summed E-state index contributed by atoms with van der Waals surface area (Å²) < 4.78 is 10.1. The maximum Gasteiger partial charge on any atom is 0.286 e. The van der Waals surface area contributed by atoms with Crippen LogP contribution in [0.1, 0.15) is 20.7 Å². The van der Waals surface area contributed by atoms with Crippen LogP contribution in [0.3, 0.4) is 0 Å². The Morgan fingerprint density at radius 1 is 0.923 bits per heavy atom. The first-order chi connectivity index (χ1) is 12.4. The van der Waals surface area contributed by atoms with E-state index in [0.717, 1.165) is 36.4 Å². The Kier molecular flexibility index (Phi) is 4.19. The van der Waals surface area contributed by atoms with Crippen molar-refractivity contribution in [2.75, 3.05) is 6.79 Å². The van der Waals surface area contributed by atoms with Crippen molar-refractivity contribution in [3.63, 3.8) is 0 Å². The first-order valence-corrected chi connectivity index (χ1v) is 7.05. The molecule has 0 saturated heterocycles. The van der Waals surface area contributed by atoms with Crippen LogP contribution in [0.4, 0.5) is 11.4 Å². The molecule has 132 valence electrons. The number of carbonyl (C=O) groups is 2. The minimum Gasteiger partial charge on any atom is -0.454 e. The second kappa shape index (κ2) is 6.47. The lowest BCUT2D eigenvalue weighted by molar-refractivity contribution is -0.385. The van der Waals surface area contributed by atoms with Crippen molar-refractivity contribution in [3.05, 3.63) is 67.8 Å². The summed E-state index contributed by atoms with van der Waals surface area (Å²) in [5.41, 5.74) is -1.18. The molecule has 3 rings (SSSR count). The number of hydrogen-bond acceptors (Lipinski definition) is 8. The van der Waals surface area contributed by atoms with Crippen LogP contribution in [0, 0.1) is 20.2 Å². The van der Waals surface area contributed by atoms with Crippen LogP contribution in [0.25, 0.3) is 0 Å². The monoisotopic (exact) mass is 359 g/mol. The van der Waals surface area contributed by atoms with Crippen molar-refractivity contribution in [2.45, 2.75) is 0 Å². The molecule has 0 fully saturated rings. The van der Waals surface area contributed by atoms with Gasteiger partial charge >= 0.3 is 0 Å². The molecular weight excluding hydrogens is 350 g/mol. The van der Waals surface area contributed by atoms with E-state index >= 15 is 0 Å². The lowest BCUT2D eigenvalue weighted by Gasteiger charge is -2.06. The third-order valence-electron chi connectivity index (χ3n) is 3.50. The van der Waals surface area contributed by atoms with Gasteiger partial charge in [0.25, 0.3) is 23.2 Å². The number of carbonyl (C=O) groups excluding carboxylic acids is 2. The van der Waals surface area contributed by atoms with Crippen LogP contribution < -0.4 is 14.8 Å². The molecule has 0 bridgehead atoms. The molecule has 0 aromatic heterocycles. The van der Waals surface area contributed by atoms with Crippen molar-refractivity contribution >= 4 is 23.2 Å². The minimum atomic E-state index is -1.02. The molecule has 0 spiro atoms. The SMILES string of the molecule is O=C(NC(=O)c1cc2c(cc1[N+](=O)[O-])OCO2)c1ccc([N+](=O)[O-])cc1. The van der Waals surface area contributed by atoms with Gasteiger partial charge in [-0.25, -0.2) is 0 Å². The summed E-state index contributed by atoms with van der Waals surface area (Å²) in [7, 11) is 0. The number of hydrogen-bond donors (Lipinski definition) is 1. The van der Waals surface area contributed by atoms with E-state index in [9.17, 15) is 29.8 Å². The van der Waals surface area contributed by atoms with Crippen LogP contribution in [0.2, 0.25) is 0 Å². The standard InChI is InChI=1S/C15H9N3O8/c19-14(8-1-3-9(4-2-8)17(21)22)16-15(20)10-5-12-13(26-7-25-12)6-11(10)18(23)24/h1-6H,7H2,(H,16,19,20). The van der Waals surface area contributed by atoms with Gasteiger partial charge in [0.1, 0.15) is 5.56 Å². The van der Waals surface area contributed by atoms with E-state index in [1.54, 1.807) is 0 Å².